The fourth-order valence-corrected chi connectivity index (χ4v) is 10.2. The highest BCUT2D eigenvalue weighted by molar-refractivity contribution is 5.87. The molecular weight excluding hydrogens is 823 g/mol. The van der Waals surface area contributed by atoms with E-state index >= 15 is 0 Å². The Labute approximate surface area is 384 Å². The Hall–Kier alpha value is -5.08. The summed E-state index contributed by atoms with van der Waals surface area (Å²) in [5.41, 5.74) is 4.02. The van der Waals surface area contributed by atoms with Gasteiger partial charge in [0.2, 0.25) is 11.8 Å². The third-order valence-electron chi connectivity index (χ3n) is 14.1. The first-order chi connectivity index (χ1) is 31.5. The third kappa shape index (κ3) is 12.2. The summed E-state index contributed by atoms with van der Waals surface area (Å²) < 4.78 is 14.5. The number of pyridine rings is 1. The number of para-hydroxylation sites is 1. The third-order valence-corrected chi connectivity index (χ3v) is 14.1. The van der Waals surface area contributed by atoms with Gasteiger partial charge in [-0.05, 0) is 113 Å². The van der Waals surface area contributed by atoms with Crippen LogP contribution in [0.3, 0.4) is 0 Å². The smallest absolute Gasteiger partial charge is 0.307 e. The molecule has 352 valence electrons. The number of amides is 2. The number of piperidine rings is 2. The monoisotopic (exact) mass is 894 g/mol. The van der Waals surface area contributed by atoms with Crippen LogP contribution >= 0.6 is 0 Å². The van der Waals surface area contributed by atoms with Crippen molar-refractivity contribution in [2.75, 3.05) is 59.4 Å². The molecule has 3 aliphatic heterocycles. The summed E-state index contributed by atoms with van der Waals surface area (Å²) in [5.74, 6) is -1.20. The maximum Gasteiger partial charge on any atom is 0.307 e. The summed E-state index contributed by atoms with van der Waals surface area (Å²) in [5, 5.41) is 6.35. The SMILES string of the molecule is CCCCCC(=O)OCn1ncc2cc(C[C@@H](CC(=O)N3CCC(c4cc5ccccc5n(COC(=O)CCCCC)c4=O)CC3)C(=O)N3CCN(C4CCN(C)CC4)CC3)cc(C)c21. The Morgan fingerprint density at radius 2 is 1.42 bits per heavy atom. The molecule has 7 rings (SSSR count). The highest BCUT2D eigenvalue weighted by Gasteiger charge is 2.34. The van der Waals surface area contributed by atoms with Gasteiger partial charge in [0.1, 0.15) is 0 Å². The van der Waals surface area contributed by atoms with E-state index in [1.165, 1.54) is 0 Å². The first kappa shape index (κ1) is 47.9. The second-order valence-electron chi connectivity index (χ2n) is 18.7. The number of rotatable bonds is 19. The zero-order chi connectivity index (χ0) is 45.9. The molecule has 5 heterocycles. The number of esters is 2. The molecule has 0 aliphatic carbocycles. The van der Waals surface area contributed by atoms with Crippen molar-refractivity contribution in [3.05, 3.63) is 75.7 Å². The number of unbranched alkanes of at least 4 members (excludes halogenated alkanes) is 4. The van der Waals surface area contributed by atoms with Gasteiger partial charge in [-0.3, -0.25) is 33.4 Å². The van der Waals surface area contributed by atoms with Crippen LogP contribution < -0.4 is 5.56 Å². The lowest BCUT2D eigenvalue weighted by Gasteiger charge is -2.43. The molecule has 0 spiro atoms. The molecule has 2 amide bonds. The van der Waals surface area contributed by atoms with Gasteiger partial charge in [0.25, 0.3) is 5.56 Å². The molecule has 3 saturated heterocycles. The molecule has 14 heteroatoms. The molecule has 1 atom stereocenters. The van der Waals surface area contributed by atoms with E-state index in [0.717, 1.165) is 110 Å². The largest absolute Gasteiger partial charge is 0.444 e. The molecule has 65 heavy (non-hydrogen) atoms. The molecule has 3 aliphatic rings. The topological polar surface area (TPSA) is 140 Å². The zero-order valence-corrected chi connectivity index (χ0v) is 39.3. The lowest BCUT2D eigenvalue weighted by Crippen LogP contribution is -2.55. The predicted molar refractivity (Wildman–Crippen MR) is 252 cm³/mol. The van der Waals surface area contributed by atoms with Gasteiger partial charge < -0.3 is 24.2 Å². The predicted octanol–water partition coefficient (Wildman–Crippen LogP) is 7.02. The number of fused-ring (bicyclic) bond motifs is 2. The Balaban J connectivity index is 1.04. The van der Waals surface area contributed by atoms with Crippen LogP contribution in [0, 0.1) is 12.8 Å². The van der Waals surface area contributed by atoms with Crippen LogP contribution in [0.5, 0.6) is 0 Å². The van der Waals surface area contributed by atoms with Gasteiger partial charge in [0, 0.05) is 75.5 Å². The van der Waals surface area contributed by atoms with E-state index in [9.17, 15) is 24.0 Å². The number of carbonyl (C=O) groups is 4. The normalized spacial score (nSPS) is 17.5. The number of likely N-dealkylation sites (tertiary alicyclic amines) is 2. The molecule has 0 bridgehead atoms. The molecule has 2 aromatic carbocycles. The minimum absolute atomic E-state index is 0.0162. The van der Waals surface area contributed by atoms with Crippen molar-refractivity contribution in [3.8, 4) is 0 Å². The van der Waals surface area contributed by atoms with Crippen molar-refractivity contribution >= 4 is 45.6 Å². The van der Waals surface area contributed by atoms with Crippen LogP contribution in [0.25, 0.3) is 21.8 Å². The first-order valence-electron chi connectivity index (χ1n) is 24.4. The van der Waals surface area contributed by atoms with E-state index < -0.39 is 5.92 Å². The molecule has 14 nitrogen and oxygen atoms in total. The van der Waals surface area contributed by atoms with Crippen LogP contribution in [0.2, 0.25) is 0 Å². The van der Waals surface area contributed by atoms with Crippen molar-refractivity contribution in [2.24, 2.45) is 5.92 Å². The minimum atomic E-state index is -0.552. The van der Waals surface area contributed by atoms with Gasteiger partial charge in [-0.1, -0.05) is 63.8 Å². The standard InChI is InChI=1S/C51H71N7O7/c1-5-7-9-15-47(60)64-35-57-45-14-12-11-13-40(45)32-44(51(57)63)39-17-23-55(24-18-39)46(59)33-41(50(62)56-27-25-54(26-28-56)43-19-21-53(4)22-20-43)30-38-29-37(3)49-42(31-38)34-52-58(49)36-65-48(61)16-10-8-6-2/h11-14,29,31-32,34,39,41,43H,5-10,15-28,30,33,35-36H2,1-4H3/t41-/m0/s1. The molecule has 2 aromatic heterocycles. The van der Waals surface area contributed by atoms with E-state index in [4.69, 9.17) is 9.47 Å². The van der Waals surface area contributed by atoms with Gasteiger partial charge in [-0.15, -0.1) is 0 Å². The number of piperazine rings is 1. The number of ether oxygens (including phenoxy) is 2. The number of benzene rings is 2. The number of hydrogen-bond acceptors (Lipinski definition) is 10. The molecule has 4 aromatic rings. The number of aromatic nitrogens is 3. The second-order valence-corrected chi connectivity index (χ2v) is 18.7. The summed E-state index contributed by atoms with van der Waals surface area (Å²) in [6.07, 6.45) is 12.0. The minimum Gasteiger partial charge on any atom is -0.444 e. The molecule has 3 fully saturated rings. The quantitative estimate of drug-likeness (QED) is 0.0714. The Morgan fingerprint density at radius 1 is 0.754 bits per heavy atom. The van der Waals surface area contributed by atoms with E-state index in [1.54, 1.807) is 15.4 Å². The molecule has 0 radical (unpaired) electrons. The fraction of sp³-hybridized carbons (Fsp3) is 0.608. The Morgan fingerprint density at radius 3 is 2.09 bits per heavy atom. The van der Waals surface area contributed by atoms with Crippen LogP contribution in [0.1, 0.15) is 120 Å². The summed E-state index contributed by atoms with van der Waals surface area (Å²) in [7, 11) is 2.18. The van der Waals surface area contributed by atoms with E-state index in [0.29, 0.717) is 69.9 Å². The summed E-state index contributed by atoms with van der Waals surface area (Å²) in [4.78, 5) is 76.7. The van der Waals surface area contributed by atoms with Crippen molar-refractivity contribution in [2.45, 2.75) is 136 Å². The molecule has 0 saturated carbocycles. The van der Waals surface area contributed by atoms with Crippen LogP contribution in [-0.4, -0.2) is 123 Å². The zero-order valence-electron chi connectivity index (χ0n) is 39.3. The average Bonchev–Trinajstić information content (AvgIpc) is 3.74. The molecular formula is C51H71N7O7. The van der Waals surface area contributed by atoms with Crippen LogP contribution in [0.4, 0.5) is 0 Å². The fourth-order valence-electron chi connectivity index (χ4n) is 10.2. The summed E-state index contributed by atoms with van der Waals surface area (Å²) >= 11 is 0. The summed E-state index contributed by atoms with van der Waals surface area (Å²) in [6, 6.07) is 14.3. The van der Waals surface area contributed by atoms with Gasteiger partial charge in [0.05, 0.1) is 23.1 Å². The highest BCUT2D eigenvalue weighted by Crippen LogP contribution is 2.31. The van der Waals surface area contributed by atoms with Crippen LogP contribution in [0.15, 0.2) is 53.5 Å². The molecule has 0 N–H and O–H groups in total. The number of nitrogens with zero attached hydrogens (tertiary/aromatic N) is 7. The van der Waals surface area contributed by atoms with E-state index in [1.807, 2.05) is 53.1 Å². The second kappa shape index (κ2) is 22.9. The lowest BCUT2D eigenvalue weighted by atomic mass is 9.88. The van der Waals surface area contributed by atoms with Crippen molar-refractivity contribution in [1.29, 1.82) is 0 Å². The van der Waals surface area contributed by atoms with Crippen molar-refractivity contribution in [1.82, 2.24) is 33.9 Å². The Kier molecular flexibility index (Phi) is 16.9. The summed E-state index contributed by atoms with van der Waals surface area (Å²) in [6.45, 7) is 12.2. The van der Waals surface area contributed by atoms with E-state index in [-0.39, 0.29) is 55.1 Å². The number of hydrogen-bond donors (Lipinski definition) is 0. The van der Waals surface area contributed by atoms with Crippen LogP contribution in [-0.2, 0) is 48.5 Å². The lowest BCUT2D eigenvalue weighted by molar-refractivity contribution is -0.148. The van der Waals surface area contributed by atoms with E-state index in [2.05, 4.69) is 41.9 Å². The first-order valence-corrected chi connectivity index (χ1v) is 24.4. The molecule has 0 unspecified atom stereocenters. The maximum atomic E-state index is 14.6. The average molecular weight is 894 g/mol. The van der Waals surface area contributed by atoms with Gasteiger partial charge in [-0.2, -0.15) is 5.10 Å². The number of carbonyl (C=O) groups excluding carboxylic acids is 4. The number of aryl methyl sites for hydroxylation is 1. The van der Waals surface area contributed by atoms with Crippen molar-refractivity contribution < 1.29 is 28.7 Å². The maximum absolute atomic E-state index is 14.6. The highest BCUT2D eigenvalue weighted by atomic mass is 16.5. The van der Waals surface area contributed by atoms with Crippen molar-refractivity contribution in [3.63, 3.8) is 0 Å². The van der Waals surface area contributed by atoms with Gasteiger partial charge >= 0.3 is 11.9 Å². The van der Waals surface area contributed by atoms with Gasteiger partial charge in [-0.25, -0.2) is 4.68 Å². The van der Waals surface area contributed by atoms with Gasteiger partial charge in [0.15, 0.2) is 13.5 Å². The Bertz CT molecular complexity index is 2320.